The zero-order valence-electron chi connectivity index (χ0n) is 19.0. The van der Waals surface area contributed by atoms with E-state index in [1.54, 1.807) is 19.8 Å². The molecule has 4 aliphatic rings. The number of hydrogen-bond acceptors (Lipinski definition) is 4. The van der Waals surface area contributed by atoms with Crippen LogP contribution in [0.5, 0.6) is 11.5 Å². The molecule has 1 aromatic rings. The molecular formula is C26H36N2O3. The lowest BCUT2D eigenvalue weighted by Gasteiger charge is -2.54. The van der Waals surface area contributed by atoms with Crippen LogP contribution >= 0.6 is 0 Å². The zero-order valence-corrected chi connectivity index (χ0v) is 19.0. The van der Waals surface area contributed by atoms with Crippen LogP contribution in [0.25, 0.3) is 0 Å². The van der Waals surface area contributed by atoms with Crippen molar-refractivity contribution in [1.29, 1.82) is 0 Å². The highest BCUT2D eigenvalue weighted by Gasteiger charge is 2.46. The minimum atomic E-state index is 0.310. The fourth-order valence-electron chi connectivity index (χ4n) is 6.68. The summed E-state index contributed by atoms with van der Waals surface area (Å²) in [7, 11) is 3.30. The molecule has 3 saturated heterocycles. The van der Waals surface area contributed by atoms with Gasteiger partial charge in [0.15, 0.2) is 11.5 Å². The first-order chi connectivity index (χ1) is 15.2. The summed E-state index contributed by atoms with van der Waals surface area (Å²) in [5, 5.41) is 0. The molecule has 0 spiro atoms. The van der Waals surface area contributed by atoms with E-state index < -0.39 is 0 Å². The molecule has 0 N–H and O–H groups in total. The average Bonchev–Trinajstić information content (AvgIpc) is 2.82. The van der Waals surface area contributed by atoms with Crippen molar-refractivity contribution in [2.24, 2.45) is 11.8 Å². The lowest BCUT2D eigenvalue weighted by Crippen LogP contribution is -2.60. The number of likely N-dealkylation sites (tertiary alicyclic amines) is 1. The number of carbonyl (C=O) groups is 1. The zero-order chi connectivity index (χ0) is 21.4. The first kappa shape index (κ1) is 20.9. The van der Waals surface area contributed by atoms with Crippen molar-refractivity contribution in [2.75, 3.05) is 33.9 Å². The predicted octanol–water partition coefficient (Wildman–Crippen LogP) is 4.06. The van der Waals surface area contributed by atoms with E-state index in [0.29, 0.717) is 30.2 Å². The average molecular weight is 425 g/mol. The number of carbonyl (C=O) groups excluding carboxylic acids is 1. The minimum Gasteiger partial charge on any atom is -0.493 e. The van der Waals surface area contributed by atoms with Gasteiger partial charge in [0.05, 0.1) is 20.3 Å². The largest absolute Gasteiger partial charge is 0.493 e. The first-order valence-electron chi connectivity index (χ1n) is 12.1. The van der Waals surface area contributed by atoms with E-state index in [9.17, 15) is 4.79 Å². The molecule has 1 aromatic carbocycles. The molecule has 5 rings (SSSR count). The Morgan fingerprint density at radius 1 is 1.10 bits per heavy atom. The molecule has 5 heteroatoms. The molecular weight excluding hydrogens is 388 g/mol. The predicted molar refractivity (Wildman–Crippen MR) is 121 cm³/mol. The second-order valence-electron chi connectivity index (χ2n) is 9.78. The molecule has 0 aromatic heterocycles. The summed E-state index contributed by atoms with van der Waals surface area (Å²) in [6, 6.07) is 7.06. The van der Waals surface area contributed by atoms with Gasteiger partial charge in [-0.1, -0.05) is 24.1 Å². The maximum atomic E-state index is 13.4. The third-order valence-electron chi connectivity index (χ3n) is 8.05. The molecule has 1 aliphatic carbocycles. The van der Waals surface area contributed by atoms with Crippen molar-refractivity contribution in [3.8, 4) is 11.5 Å². The highest BCUT2D eigenvalue weighted by molar-refractivity contribution is 5.77. The molecule has 2 bridgehead atoms. The summed E-state index contributed by atoms with van der Waals surface area (Å²) >= 11 is 0. The number of hydrogen-bond donors (Lipinski definition) is 0. The van der Waals surface area contributed by atoms with Crippen LogP contribution in [-0.4, -0.2) is 61.6 Å². The number of nitrogens with zero attached hydrogens (tertiary/aromatic N) is 2. The maximum absolute atomic E-state index is 13.4. The molecule has 4 atom stereocenters. The number of amides is 1. The Bertz CT molecular complexity index is 851. The highest BCUT2D eigenvalue weighted by atomic mass is 16.5. The Labute approximate surface area is 186 Å². The van der Waals surface area contributed by atoms with Gasteiger partial charge in [0.25, 0.3) is 0 Å². The quantitative estimate of drug-likeness (QED) is 0.669. The van der Waals surface area contributed by atoms with Crippen LogP contribution in [0.1, 0.15) is 50.5 Å². The monoisotopic (exact) mass is 424 g/mol. The number of benzene rings is 1. The Balaban J connectivity index is 1.29. The molecule has 0 saturated carbocycles. The van der Waals surface area contributed by atoms with Gasteiger partial charge in [-0.25, -0.2) is 0 Å². The molecule has 168 valence electrons. The van der Waals surface area contributed by atoms with Crippen molar-refractivity contribution in [2.45, 2.75) is 63.5 Å². The van der Waals surface area contributed by atoms with E-state index in [1.807, 2.05) is 18.2 Å². The van der Waals surface area contributed by atoms with E-state index in [-0.39, 0.29) is 0 Å². The highest BCUT2D eigenvalue weighted by Crippen LogP contribution is 2.45. The van der Waals surface area contributed by atoms with Crippen LogP contribution in [0.4, 0.5) is 0 Å². The van der Waals surface area contributed by atoms with E-state index in [0.717, 1.165) is 42.5 Å². The first-order valence-corrected chi connectivity index (χ1v) is 12.1. The van der Waals surface area contributed by atoms with E-state index >= 15 is 0 Å². The SMILES string of the molecule is COc1ccc(CCC(=O)N2CCCC3=C[C@H]4C[C@H](CN5CCCC[C@@H]45)[C@@H]32)cc1OC. The van der Waals surface area contributed by atoms with E-state index in [2.05, 4.69) is 15.9 Å². The van der Waals surface area contributed by atoms with Crippen LogP contribution in [0.15, 0.2) is 29.8 Å². The van der Waals surface area contributed by atoms with Crippen molar-refractivity contribution in [1.82, 2.24) is 9.80 Å². The van der Waals surface area contributed by atoms with Crippen LogP contribution in [0.3, 0.4) is 0 Å². The van der Waals surface area contributed by atoms with Gasteiger partial charge in [-0.3, -0.25) is 9.69 Å². The molecule has 3 heterocycles. The molecule has 5 nitrogen and oxygen atoms in total. The number of fused-ring (bicyclic) bond motifs is 6. The van der Waals surface area contributed by atoms with Gasteiger partial charge >= 0.3 is 0 Å². The van der Waals surface area contributed by atoms with Gasteiger partial charge < -0.3 is 14.4 Å². The molecule has 3 aliphatic heterocycles. The lowest BCUT2D eigenvalue weighted by molar-refractivity contribution is -0.136. The van der Waals surface area contributed by atoms with Gasteiger partial charge in [0.2, 0.25) is 5.91 Å². The standard InChI is InChI=1S/C26H36N2O3/c1-30-23-10-8-18(14-24(23)31-2)9-11-25(29)28-13-5-6-19-15-20-16-21(26(19)28)17-27-12-4-3-7-22(20)27/h8,10,14-15,20-22,26H,3-7,9,11-13,16-17H2,1-2H3/t20-,21+,22-,26+/m0/s1. The van der Waals surface area contributed by atoms with Gasteiger partial charge in [-0.2, -0.15) is 0 Å². The van der Waals surface area contributed by atoms with Crippen molar-refractivity contribution >= 4 is 5.91 Å². The van der Waals surface area contributed by atoms with Crippen LogP contribution in [0, 0.1) is 11.8 Å². The third-order valence-corrected chi connectivity index (χ3v) is 8.05. The molecule has 0 unspecified atom stereocenters. The summed E-state index contributed by atoms with van der Waals surface area (Å²) in [5.74, 6) is 3.10. The molecule has 1 amide bonds. The fourth-order valence-corrected chi connectivity index (χ4v) is 6.68. The van der Waals surface area contributed by atoms with Crippen molar-refractivity contribution in [3.63, 3.8) is 0 Å². The molecule has 31 heavy (non-hydrogen) atoms. The summed E-state index contributed by atoms with van der Waals surface area (Å²) in [6.45, 7) is 3.35. The van der Waals surface area contributed by atoms with Crippen LogP contribution in [0.2, 0.25) is 0 Å². The number of ether oxygens (including phenoxy) is 2. The van der Waals surface area contributed by atoms with Crippen molar-refractivity contribution < 1.29 is 14.3 Å². The Morgan fingerprint density at radius 3 is 2.81 bits per heavy atom. The fraction of sp³-hybridized carbons (Fsp3) is 0.654. The van der Waals surface area contributed by atoms with E-state index in [4.69, 9.17) is 9.47 Å². The summed E-state index contributed by atoms with van der Waals surface area (Å²) in [4.78, 5) is 18.4. The van der Waals surface area contributed by atoms with Gasteiger partial charge in [0.1, 0.15) is 0 Å². The third kappa shape index (κ3) is 3.97. The number of methoxy groups -OCH3 is 2. The Kier molecular flexibility index (Phi) is 5.96. The Morgan fingerprint density at radius 2 is 1.97 bits per heavy atom. The van der Waals surface area contributed by atoms with E-state index in [1.165, 1.54) is 45.2 Å². The summed E-state index contributed by atoms with van der Waals surface area (Å²) in [5.41, 5.74) is 2.69. The van der Waals surface area contributed by atoms with Crippen LogP contribution < -0.4 is 9.47 Å². The number of piperidine rings is 3. The van der Waals surface area contributed by atoms with Gasteiger partial charge in [0, 0.05) is 25.6 Å². The number of rotatable bonds is 5. The smallest absolute Gasteiger partial charge is 0.223 e. The van der Waals surface area contributed by atoms with Crippen molar-refractivity contribution in [3.05, 3.63) is 35.4 Å². The number of aryl methyl sites for hydroxylation is 1. The normalized spacial score (nSPS) is 30.1. The topological polar surface area (TPSA) is 42.0 Å². The second-order valence-corrected chi connectivity index (χ2v) is 9.78. The van der Waals surface area contributed by atoms with Gasteiger partial charge in [-0.05, 0) is 74.6 Å². The lowest BCUT2D eigenvalue weighted by atomic mass is 9.68. The summed E-state index contributed by atoms with van der Waals surface area (Å²) < 4.78 is 10.8. The Hall–Kier alpha value is -2.01. The minimum absolute atomic E-state index is 0.310. The molecule has 3 fully saturated rings. The summed E-state index contributed by atoms with van der Waals surface area (Å²) in [6.07, 6.45) is 11.5. The van der Waals surface area contributed by atoms with Gasteiger partial charge in [-0.15, -0.1) is 0 Å². The molecule has 0 radical (unpaired) electrons. The van der Waals surface area contributed by atoms with Crippen LogP contribution in [-0.2, 0) is 11.2 Å². The maximum Gasteiger partial charge on any atom is 0.223 e. The second kappa shape index (κ2) is 8.85.